The molecule has 1 rings (SSSR count). The lowest BCUT2D eigenvalue weighted by Crippen LogP contribution is -2.40. The van der Waals surface area contributed by atoms with Gasteiger partial charge in [0.15, 0.2) is 0 Å². The fraction of sp³-hybridized carbons (Fsp3) is 0.600. The van der Waals surface area contributed by atoms with Crippen molar-refractivity contribution in [2.45, 2.75) is 32.1 Å². The van der Waals surface area contributed by atoms with Crippen LogP contribution in [0, 0.1) is 0 Å². The summed E-state index contributed by atoms with van der Waals surface area (Å²) in [5, 5.41) is 0. The van der Waals surface area contributed by atoms with Gasteiger partial charge < -0.3 is 10.5 Å². The van der Waals surface area contributed by atoms with Gasteiger partial charge >= 0.3 is 6.18 Å². The van der Waals surface area contributed by atoms with Crippen molar-refractivity contribution in [1.82, 2.24) is 4.90 Å². The van der Waals surface area contributed by atoms with Crippen molar-refractivity contribution >= 4 is 0 Å². The van der Waals surface area contributed by atoms with Crippen molar-refractivity contribution in [1.29, 1.82) is 0 Å². The van der Waals surface area contributed by atoms with Gasteiger partial charge in [-0.1, -0.05) is 12.1 Å². The molecule has 3 nitrogen and oxygen atoms in total. The van der Waals surface area contributed by atoms with Crippen LogP contribution in [0.25, 0.3) is 0 Å². The highest BCUT2D eigenvalue weighted by Gasteiger charge is 2.31. The Morgan fingerprint density at radius 1 is 1.29 bits per heavy atom. The first kappa shape index (κ1) is 17.9. The van der Waals surface area contributed by atoms with Gasteiger partial charge in [0.25, 0.3) is 0 Å². The quantitative estimate of drug-likeness (QED) is 0.841. The molecular formula is C15H23F3N2O. The maximum absolute atomic E-state index is 12.8. The van der Waals surface area contributed by atoms with Crippen LogP contribution < -0.4 is 5.73 Å². The zero-order valence-electron chi connectivity index (χ0n) is 12.7. The van der Waals surface area contributed by atoms with Crippen molar-refractivity contribution in [3.05, 3.63) is 35.4 Å². The highest BCUT2D eigenvalue weighted by Crippen LogP contribution is 2.32. The van der Waals surface area contributed by atoms with E-state index in [1.807, 2.05) is 13.8 Å². The van der Waals surface area contributed by atoms with E-state index >= 15 is 0 Å². The molecular weight excluding hydrogens is 281 g/mol. The third-order valence-corrected chi connectivity index (χ3v) is 3.44. The summed E-state index contributed by atoms with van der Waals surface area (Å²) in [7, 11) is 1.60. The van der Waals surface area contributed by atoms with Crippen LogP contribution in [0.1, 0.15) is 31.0 Å². The van der Waals surface area contributed by atoms with Crippen LogP contribution in [0.3, 0.4) is 0 Å². The van der Waals surface area contributed by atoms with Gasteiger partial charge in [0, 0.05) is 32.3 Å². The Bertz CT molecular complexity index is 435. The van der Waals surface area contributed by atoms with Gasteiger partial charge in [-0.05, 0) is 31.5 Å². The molecule has 0 amide bonds. The van der Waals surface area contributed by atoms with Gasteiger partial charge in [0.1, 0.15) is 0 Å². The van der Waals surface area contributed by atoms with Crippen molar-refractivity contribution < 1.29 is 17.9 Å². The smallest absolute Gasteiger partial charge is 0.383 e. The van der Waals surface area contributed by atoms with E-state index in [-0.39, 0.29) is 18.6 Å². The fourth-order valence-corrected chi connectivity index (χ4v) is 2.36. The van der Waals surface area contributed by atoms with Gasteiger partial charge in [0.05, 0.1) is 12.2 Å². The molecule has 0 aliphatic rings. The zero-order valence-corrected chi connectivity index (χ0v) is 12.7. The van der Waals surface area contributed by atoms with E-state index in [9.17, 15) is 13.2 Å². The topological polar surface area (TPSA) is 38.5 Å². The van der Waals surface area contributed by atoms with Crippen LogP contribution >= 0.6 is 0 Å². The number of halogens is 3. The first-order valence-corrected chi connectivity index (χ1v) is 6.93. The van der Waals surface area contributed by atoms with E-state index in [1.165, 1.54) is 12.1 Å². The van der Waals surface area contributed by atoms with E-state index in [4.69, 9.17) is 10.5 Å². The molecule has 0 saturated carbocycles. The Kier molecular flexibility index (Phi) is 6.64. The largest absolute Gasteiger partial charge is 0.416 e. The molecule has 120 valence electrons. The van der Waals surface area contributed by atoms with Gasteiger partial charge in [-0.2, -0.15) is 13.2 Å². The molecule has 0 aromatic heterocycles. The maximum atomic E-state index is 12.8. The molecule has 0 aliphatic heterocycles. The molecule has 6 heteroatoms. The van der Waals surface area contributed by atoms with E-state index < -0.39 is 11.7 Å². The number of ether oxygens (including phenoxy) is 1. The molecule has 0 aliphatic carbocycles. The van der Waals surface area contributed by atoms with Crippen molar-refractivity contribution in [2.75, 3.05) is 26.8 Å². The summed E-state index contributed by atoms with van der Waals surface area (Å²) in [6.45, 7) is 5.36. The summed E-state index contributed by atoms with van der Waals surface area (Å²) in [6.07, 6.45) is -4.34. The molecule has 0 spiro atoms. The van der Waals surface area contributed by atoms with Crippen molar-refractivity contribution in [3.8, 4) is 0 Å². The summed E-state index contributed by atoms with van der Waals surface area (Å²) in [5.74, 6) is 0. The highest BCUT2D eigenvalue weighted by atomic mass is 19.4. The molecule has 1 unspecified atom stereocenters. The predicted molar refractivity (Wildman–Crippen MR) is 77.0 cm³/mol. The second kappa shape index (κ2) is 7.77. The Morgan fingerprint density at radius 2 is 1.95 bits per heavy atom. The molecule has 1 aromatic carbocycles. The van der Waals surface area contributed by atoms with Crippen LogP contribution in [-0.4, -0.2) is 37.7 Å². The van der Waals surface area contributed by atoms with Gasteiger partial charge in [0.2, 0.25) is 0 Å². The standard InChI is InChI=1S/C15H23F3N2O/c1-11(2)20(7-8-21-3)14(10-19)12-5-4-6-13(9-12)15(16,17)18/h4-6,9,11,14H,7-8,10,19H2,1-3H3. The number of rotatable bonds is 7. The van der Waals surface area contributed by atoms with E-state index in [2.05, 4.69) is 4.90 Å². The molecule has 21 heavy (non-hydrogen) atoms. The second-order valence-electron chi connectivity index (χ2n) is 5.20. The third kappa shape index (κ3) is 4.98. The SMILES string of the molecule is COCCN(C(C)C)C(CN)c1cccc(C(F)(F)F)c1. The Labute approximate surface area is 123 Å². The predicted octanol–water partition coefficient (Wildman–Crippen LogP) is 3.06. The Morgan fingerprint density at radius 3 is 2.43 bits per heavy atom. The van der Waals surface area contributed by atoms with E-state index in [0.717, 1.165) is 6.07 Å². The van der Waals surface area contributed by atoms with Crippen molar-refractivity contribution in [3.63, 3.8) is 0 Å². The summed E-state index contributed by atoms with van der Waals surface area (Å²) >= 11 is 0. The highest BCUT2D eigenvalue weighted by molar-refractivity contribution is 5.28. The average Bonchev–Trinajstić information content (AvgIpc) is 2.42. The molecule has 1 aromatic rings. The molecule has 0 bridgehead atoms. The fourth-order valence-electron chi connectivity index (χ4n) is 2.36. The Balaban J connectivity index is 3.07. The third-order valence-electron chi connectivity index (χ3n) is 3.44. The first-order chi connectivity index (χ1) is 9.81. The molecule has 1 atom stereocenters. The normalized spacial score (nSPS) is 14.0. The molecule has 2 N–H and O–H groups in total. The number of hydrogen-bond acceptors (Lipinski definition) is 3. The van der Waals surface area contributed by atoms with Crippen LogP contribution in [0.15, 0.2) is 24.3 Å². The summed E-state index contributed by atoms with van der Waals surface area (Å²) < 4.78 is 43.6. The minimum atomic E-state index is -4.34. The molecule has 0 radical (unpaired) electrons. The molecule has 0 fully saturated rings. The van der Waals surface area contributed by atoms with E-state index in [1.54, 1.807) is 13.2 Å². The van der Waals surface area contributed by atoms with Crippen molar-refractivity contribution in [2.24, 2.45) is 5.73 Å². The maximum Gasteiger partial charge on any atom is 0.416 e. The minimum Gasteiger partial charge on any atom is -0.383 e. The van der Waals surface area contributed by atoms with Gasteiger partial charge in [-0.15, -0.1) is 0 Å². The number of alkyl halides is 3. The van der Waals surface area contributed by atoms with Gasteiger partial charge in [-0.25, -0.2) is 0 Å². The number of hydrogen-bond donors (Lipinski definition) is 1. The average molecular weight is 304 g/mol. The van der Waals surface area contributed by atoms with E-state index in [0.29, 0.717) is 18.7 Å². The van der Waals surface area contributed by atoms with Crippen LogP contribution in [0.5, 0.6) is 0 Å². The second-order valence-corrected chi connectivity index (χ2v) is 5.20. The van der Waals surface area contributed by atoms with Crippen LogP contribution in [-0.2, 0) is 10.9 Å². The lowest BCUT2D eigenvalue weighted by Gasteiger charge is -2.34. The number of nitrogens with zero attached hydrogens (tertiary/aromatic N) is 1. The zero-order chi connectivity index (χ0) is 16.0. The summed E-state index contributed by atoms with van der Waals surface area (Å²) in [4.78, 5) is 2.05. The Hall–Kier alpha value is -1.11. The summed E-state index contributed by atoms with van der Waals surface area (Å²) in [5.41, 5.74) is 5.75. The van der Waals surface area contributed by atoms with Crippen LogP contribution in [0.4, 0.5) is 13.2 Å². The first-order valence-electron chi connectivity index (χ1n) is 6.93. The number of methoxy groups -OCH3 is 1. The monoisotopic (exact) mass is 304 g/mol. The summed E-state index contributed by atoms with van der Waals surface area (Å²) in [6, 6.07) is 5.27. The molecule has 0 saturated heterocycles. The number of benzene rings is 1. The minimum absolute atomic E-state index is 0.156. The lowest BCUT2D eigenvalue weighted by atomic mass is 10.0. The van der Waals surface area contributed by atoms with Gasteiger partial charge in [-0.3, -0.25) is 4.90 Å². The van der Waals surface area contributed by atoms with Crippen LogP contribution in [0.2, 0.25) is 0 Å². The lowest BCUT2D eigenvalue weighted by molar-refractivity contribution is -0.137. The number of nitrogens with two attached hydrogens (primary N) is 1. The molecule has 0 heterocycles.